The molecule has 1 aromatic heterocycles. The van der Waals surface area contributed by atoms with Crippen LogP contribution in [0.3, 0.4) is 0 Å². The molecule has 0 bridgehead atoms. The van der Waals surface area contributed by atoms with Crippen LogP contribution in [0, 0.1) is 0 Å². The number of urea groups is 1. The van der Waals surface area contributed by atoms with Crippen molar-refractivity contribution in [2.24, 2.45) is 0 Å². The summed E-state index contributed by atoms with van der Waals surface area (Å²) in [6.45, 7) is 5.00. The Hall–Kier alpha value is -1.07. The van der Waals surface area contributed by atoms with Crippen LogP contribution in [0.25, 0.3) is 0 Å². The maximum Gasteiger partial charge on any atom is 0.317 e. The number of nitrogens with one attached hydrogen (secondary N) is 1. The third kappa shape index (κ3) is 3.33. The smallest absolute Gasteiger partial charge is 0.317 e. The second kappa shape index (κ2) is 6.59. The van der Waals surface area contributed by atoms with Crippen molar-refractivity contribution in [3.05, 3.63) is 22.4 Å². The summed E-state index contributed by atoms with van der Waals surface area (Å²) >= 11 is 1.75. The first-order valence-electron chi connectivity index (χ1n) is 7.62. The van der Waals surface area contributed by atoms with Crippen LogP contribution < -0.4 is 5.32 Å². The van der Waals surface area contributed by atoms with Gasteiger partial charge in [0.2, 0.25) is 0 Å². The van der Waals surface area contributed by atoms with E-state index in [1.807, 2.05) is 4.90 Å². The van der Waals surface area contributed by atoms with Crippen molar-refractivity contribution in [2.75, 3.05) is 32.7 Å². The molecule has 4 nitrogen and oxygen atoms in total. The summed E-state index contributed by atoms with van der Waals surface area (Å²) in [5.74, 6) is 0. The van der Waals surface area contributed by atoms with Crippen LogP contribution in [0.4, 0.5) is 4.79 Å². The van der Waals surface area contributed by atoms with Gasteiger partial charge >= 0.3 is 6.03 Å². The molecular formula is C15H23N3OS. The molecule has 20 heavy (non-hydrogen) atoms. The lowest BCUT2D eigenvalue weighted by Gasteiger charge is -2.46. The quantitative estimate of drug-likeness (QED) is 0.923. The number of thiophene rings is 1. The maximum absolute atomic E-state index is 12.0. The fraction of sp³-hybridized carbons (Fsp3) is 0.667. The topological polar surface area (TPSA) is 35.6 Å². The second-order valence-corrected chi connectivity index (χ2v) is 6.75. The van der Waals surface area contributed by atoms with Gasteiger partial charge in [0.05, 0.1) is 0 Å². The minimum absolute atomic E-state index is 0.106. The Labute approximate surface area is 124 Å². The first-order chi connectivity index (χ1) is 9.83. The van der Waals surface area contributed by atoms with Crippen molar-refractivity contribution in [3.63, 3.8) is 0 Å². The van der Waals surface area contributed by atoms with Crippen LogP contribution >= 0.6 is 11.3 Å². The number of carbonyl (C=O) groups excluding carboxylic acids is 1. The van der Waals surface area contributed by atoms with Gasteiger partial charge in [-0.2, -0.15) is 0 Å². The highest BCUT2D eigenvalue weighted by molar-refractivity contribution is 7.09. The van der Waals surface area contributed by atoms with Crippen LogP contribution in [-0.2, 0) is 6.42 Å². The zero-order chi connectivity index (χ0) is 13.8. The Kier molecular flexibility index (Phi) is 4.58. The Bertz CT molecular complexity index is 422. The summed E-state index contributed by atoms with van der Waals surface area (Å²) in [4.78, 5) is 17.8. The van der Waals surface area contributed by atoms with Gasteiger partial charge in [-0.15, -0.1) is 11.3 Å². The molecular weight excluding hydrogens is 270 g/mol. The maximum atomic E-state index is 12.0. The zero-order valence-corrected chi connectivity index (χ0v) is 12.7. The highest BCUT2D eigenvalue weighted by Gasteiger charge is 2.34. The predicted octanol–water partition coefficient (Wildman–Crippen LogP) is 2.17. The van der Waals surface area contributed by atoms with E-state index in [1.165, 1.54) is 37.2 Å². The first-order valence-corrected chi connectivity index (χ1v) is 8.50. The van der Waals surface area contributed by atoms with Gasteiger partial charge in [-0.3, -0.25) is 4.90 Å². The number of amides is 2. The molecule has 0 saturated carbocycles. The third-order valence-corrected chi connectivity index (χ3v) is 5.22. The number of likely N-dealkylation sites (tertiary alicyclic amines) is 2. The van der Waals surface area contributed by atoms with E-state index >= 15 is 0 Å². The molecule has 0 unspecified atom stereocenters. The predicted molar refractivity (Wildman–Crippen MR) is 82.2 cm³/mol. The summed E-state index contributed by atoms with van der Waals surface area (Å²) < 4.78 is 0. The average Bonchev–Trinajstić information content (AvgIpc) is 2.91. The molecule has 2 fully saturated rings. The summed E-state index contributed by atoms with van der Waals surface area (Å²) in [5.41, 5.74) is 0. The van der Waals surface area contributed by atoms with Gasteiger partial charge in [0, 0.05) is 30.6 Å². The lowest BCUT2D eigenvalue weighted by Crippen LogP contribution is -2.63. The van der Waals surface area contributed by atoms with Crippen molar-refractivity contribution < 1.29 is 4.79 Å². The van der Waals surface area contributed by atoms with Crippen LogP contribution in [0.15, 0.2) is 17.5 Å². The minimum atomic E-state index is 0.106. The van der Waals surface area contributed by atoms with Gasteiger partial charge in [-0.25, -0.2) is 4.79 Å². The highest BCUT2D eigenvalue weighted by atomic mass is 32.1. The van der Waals surface area contributed by atoms with E-state index < -0.39 is 0 Å². The number of carbonyl (C=O) groups is 1. The van der Waals surface area contributed by atoms with Crippen molar-refractivity contribution >= 4 is 17.4 Å². The molecule has 110 valence electrons. The molecule has 1 aromatic rings. The minimum Gasteiger partial charge on any atom is -0.338 e. The van der Waals surface area contributed by atoms with E-state index in [0.29, 0.717) is 6.04 Å². The Morgan fingerprint density at radius 1 is 1.30 bits per heavy atom. The molecule has 2 aliphatic rings. The van der Waals surface area contributed by atoms with E-state index in [0.717, 1.165) is 26.1 Å². The van der Waals surface area contributed by atoms with Gasteiger partial charge in [-0.1, -0.05) is 12.5 Å². The molecule has 0 radical (unpaired) electrons. The fourth-order valence-corrected chi connectivity index (χ4v) is 3.70. The lowest BCUT2D eigenvalue weighted by molar-refractivity contribution is 0.0452. The molecule has 0 atom stereocenters. The van der Waals surface area contributed by atoms with E-state index in [-0.39, 0.29) is 6.03 Å². The SMILES string of the molecule is O=C(NCCc1cccs1)N1CC(N2CCCCC2)C1. The number of hydrogen-bond acceptors (Lipinski definition) is 3. The number of hydrogen-bond donors (Lipinski definition) is 1. The van der Waals surface area contributed by atoms with E-state index in [9.17, 15) is 4.79 Å². The van der Waals surface area contributed by atoms with Crippen LogP contribution in [-0.4, -0.2) is 54.6 Å². The molecule has 3 rings (SSSR count). The summed E-state index contributed by atoms with van der Waals surface area (Å²) in [7, 11) is 0. The number of piperidine rings is 1. The van der Waals surface area contributed by atoms with Gasteiger partial charge in [-0.05, 0) is 43.8 Å². The van der Waals surface area contributed by atoms with Crippen LogP contribution in [0.5, 0.6) is 0 Å². The first kappa shape index (κ1) is 13.9. The molecule has 3 heterocycles. The lowest BCUT2D eigenvalue weighted by atomic mass is 10.0. The average molecular weight is 293 g/mol. The molecule has 5 heteroatoms. The van der Waals surface area contributed by atoms with Crippen molar-refractivity contribution in [1.82, 2.24) is 15.1 Å². The normalized spacial score (nSPS) is 20.7. The molecule has 0 aromatic carbocycles. The molecule has 2 aliphatic heterocycles. The number of rotatable bonds is 4. The van der Waals surface area contributed by atoms with Gasteiger partial charge in [0.25, 0.3) is 0 Å². The van der Waals surface area contributed by atoms with Crippen molar-refractivity contribution in [3.8, 4) is 0 Å². The Morgan fingerprint density at radius 3 is 2.80 bits per heavy atom. The molecule has 0 spiro atoms. The van der Waals surface area contributed by atoms with E-state index in [4.69, 9.17) is 0 Å². The van der Waals surface area contributed by atoms with Crippen LogP contribution in [0.1, 0.15) is 24.1 Å². The Morgan fingerprint density at radius 2 is 2.10 bits per heavy atom. The number of nitrogens with zero attached hydrogens (tertiary/aromatic N) is 2. The van der Waals surface area contributed by atoms with Crippen LogP contribution in [0.2, 0.25) is 0 Å². The zero-order valence-electron chi connectivity index (χ0n) is 11.9. The summed E-state index contributed by atoms with van der Waals surface area (Å²) in [5, 5.41) is 5.10. The van der Waals surface area contributed by atoms with Crippen molar-refractivity contribution in [1.29, 1.82) is 0 Å². The monoisotopic (exact) mass is 293 g/mol. The summed E-state index contributed by atoms with van der Waals surface area (Å²) in [6, 6.07) is 4.89. The Balaban J connectivity index is 1.33. The molecule has 0 aliphatic carbocycles. The largest absolute Gasteiger partial charge is 0.338 e. The highest BCUT2D eigenvalue weighted by Crippen LogP contribution is 2.19. The molecule has 2 amide bonds. The second-order valence-electron chi connectivity index (χ2n) is 5.72. The third-order valence-electron chi connectivity index (χ3n) is 4.28. The van der Waals surface area contributed by atoms with Gasteiger partial charge in [0.1, 0.15) is 0 Å². The molecule has 1 N–H and O–H groups in total. The fourth-order valence-electron chi connectivity index (χ4n) is 2.99. The van der Waals surface area contributed by atoms with Gasteiger partial charge in [0.15, 0.2) is 0 Å². The van der Waals surface area contributed by atoms with Crippen molar-refractivity contribution in [2.45, 2.75) is 31.7 Å². The van der Waals surface area contributed by atoms with E-state index in [2.05, 4.69) is 27.7 Å². The van der Waals surface area contributed by atoms with Gasteiger partial charge < -0.3 is 10.2 Å². The standard InChI is InChI=1S/C15H23N3OS/c19-15(16-7-6-14-5-4-10-20-14)18-11-13(12-18)17-8-2-1-3-9-17/h4-5,10,13H,1-3,6-9,11-12H2,(H,16,19). The summed E-state index contributed by atoms with van der Waals surface area (Å²) in [6.07, 6.45) is 4.95. The molecule has 2 saturated heterocycles. The van der Waals surface area contributed by atoms with E-state index in [1.54, 1.807) is 11.3 Å².